The van der Waals surface area contributed by atoms with Gasteiger partial charge in [0, 0.05) is 137 Å². The molecule has 14 heterocycles. The molecule has 530 valence electrons. The van der Waals surface area contributed by atoms with Gasteiger partial charge in [0.15, 0.2) is 0 Å². The molecule has 1 aliphatic carbocycles. The monoisotopic (exact) mass is 1530 g/mol. The number of hydrogen-bond acceptors (Lipinski definition) is 16. The standard InChI is InChI=1S/2C20H11F3N4.C12H6N2O2.C12H8N2.2C10H8N2.Ru/c2*21-20(22,23)14-8-2-1-5-11(14)19-26-17-12-6-3-9-24-15(12)16-13(18(17)27-19)7-4-10-25-16;15-11-7-3-1-5-13-9(7)10-8(12(11)16)4-2-6-14-10;1-3-9-5-6-10-4-2-8-14-12(10)11(9)13-7-1;2*1-3-7-11-9(5-1)10-6-2-4-8-12-10;/h2*1-10H,(H,26,27);1-6H;1-8H;2*1-8H;. The smallest absolute Gasteiger partial charge is 0.337 e. The summed E-state index contributed by atoms with van der Waals surface area (Å²) in [6.07, 6.45) is 11.6. The Bertz CT molecular complexity index is 5890. The number of rotatable bonds is 4. The van der Waals surface area contributed by atoms with Crippen LogP contribution >= 0.6 is 0 Å². The first-order chi connectivity index (χ1) is 52.7. The molecule has 19 aromatic rings. The van der Waals surface area contributed by atoms with E-state index < -0.39 is 35.0 Å². The molecule has 25 heteroatoms. The second kappa shape index (κ2) is 31.7. The Morgan fingerprint density at radius 2 is 0.523 bits per heavy atom. The number of benzene rings is 5. The molecule has 1 aliphatic rings. The SMILES string of the molecule is FC(F)(F)c1ccccc1-c1nc2c3cccnc3c3ncccc3c2[nH]1.FC(F)(F)c1ccccc1-c1nc2c3cccnc3c3ncccc3c2[nH]1.O=C1C(=O)c2cccnc2-c2ncccc21.[Ru].c1ccc(-c2ccccn2)nc1.c1ccc(-c2ccccn2)nc1.c1cnc2c(c1)ccc1cccnc12. The van der Waals surface area contributed by atoms with Gasteiger partial charge in [0.05, 0.1) is 100 Å². The zero-order chi connectivity index (χ0) is 74.1. The summed E-state index contributed by atoms with van der Waals surface area (Å²) in [6, 6.07) is 67.1. The second-order valence-electron chi connectivity index (χ2n) is 23.8. The molecule has 0 aliphatic heterocycles. The first-order valence-corrected chi connectivity index (χ1v) is 33.3. The number of fused-ring (bicyclic) bond motifs is 18. The molecule has 109 heavy (non-hydrogen) atoms. The van der Waals surface area contributed by atoms with Crippen LogP contribution in [-0.2, 0) is 31.8 Å². The van der Waals surface area contributed by atoms with Gasteiger partial charge in [-0.05, 0) is 146 Å². The number of aromatic amines is 2. The van der Waals surface area contributed by atoms with Gasteiger partial charge in [-0.1, -0.05) is 84.9 Å². The van der Waals surface area contributed by atoms with Crippen LogP contribution in [0, 0.1) is 0 Å². The predicted molar refractivity (Wildman–Crippen MR) is 402 cm³/mol. The molecule has 2 N–H and O–H groups in total. The normalized spacial score (nSPS) is 11.5. The molecule has 0 radical (unpaired) electrons. The Kier molecular flexibility index (Phi) is 20.9. The minimum atomic E-state index is -4.47. The van der Waals surface area contributed by atoms with Gasteiger partial charge in [-0.25, -0.2) is 9.97 Å². The third kappa shape index (κ3) is 15.2. The summed E-state index contributed by atoms with van der Waals surface area (Å²) >= 11 is 0. The molecule has 14 aromatic heterocycles. The summed E-state index contributed by atoms with van der Waals surface area (Å²) in [4.78, 5) is 90.0. The molecule has 0 unspecified atom stereocenters. The van der Waals surface area contributed by atoms with E-state index in [4.69, 9.17) is 0 Å². The molecule has 5 aromatic carbocycles. The number of ketones is 2. The fraction of sp³-hybridized carbons (Fsp3) is 0.0238. The van der Waals surface area contributed by atoms with Crippen molar-refractivity contribution < 1.29 is 55.4 Å². The number of imidazole rings is 2. The third-order valence-corrected chi connectivity index (χ3v) is 17.2. The van der Waals surface area contributed by atoms with Crippen LogP contribution in [0.4, 0.5) is 26.3 Å². The molecule has 0 saturated heterocycles. The number of carbonyl (C=O) groups is 2. The zero-order valence-electron chi connectivity index (χ0n) is 56.6. The molecule has 20 rings (SSSR count). The quantitative estimate of drug-likeness (QED) is 0.0720. The van der Waals surface area contributed by atoms with E-state index in [1.165, 1.54) is 24.3 Å². The van der Waals surface area contributed by atoms with Crippen molar-refractivity contribution in [2.24, 2.45) is 0 Å². The van der Waals surface area contributed by atoms with Gasteiger partial charge in [0.25, 0.3) is 0 Å². The van der Waals surface area contributed by atoms with E-state index in [-0.39, 0.29) is 42.3 Å². The van der Waals surface area contributed by atoms with Crippen molar-refractivity contribution >= 4 is 99.1 Å². The third-order valence-electron chi connectivity index (χ3n) is 17.2. The number of nitrogens with one attached hydrogen (secondary N) is 2. The van der Waals surface area contributed by atoms with Crippen molar-refractivity contribution in [3.63, 3.8) is 0 Å². The van der Waals surface area contributed by atoms with E-state index in [1.54, 1.807) is 135 Å². The summed E-state index contributed by atoms with van der Waals surface area (Å²) < 4.78 is 80.6. The van der Waals surface area contributed by atoms with Crippen molar-refractivity contribution in [1.29, 1.82) is 0 Å². The molecule has 0 bridgehead atoms. The fourth-order valence-corrected chi connectivity index (χ4v) is 12.4. The Morgan fingerprint density at radius 1 is 0.248 bits per heavy atom. The van der Waals surface area contributed by atoms with Crippen molar-refractivity contribution in [3.05, 3.63) is 327 Å². The number of nitrogens with zero attached hydrogens (tertiary/aromatic N) is 14. The number of hydrogen-bond donors (Lipinski definition) is 2. The van der Waals surface area contributed by atoms with Crippen LogP contribution in [0.1, 0.15) is 31.8 Å². The van der Waals surface area contributed by atoms with Crippen LogP contribution in [0.3, 0.4) is 0 Å². The summed E-state index contributed by atoms with van der Waals surface area (Å²) in [5.41, 5.74) is 11.0. The molecular weight excluding hydrogens is 1480 g/mol. The van der Waals surface area contributed by atoms with Gasteiger partial charge in [-0.3, -0.25) is 69.4 Å². The van der Waals surface area contributed by atoms with Gasteiger partial charge in [0.2, 0.25) is 11.6 Å². The maximum atomic E-state index is 13.4. The van der Waals surface area contributed by atoms with E-state index in [2.05, 4.69) is 104 Å². The largest absolute Gasteiger partial charge is 0.417 e. The second-order valence-corrected chi connectivity index (χ2v) is 23.8. The van der Waals surface area contributed by atoms with Crippen molar-refractivity contribution in [1.82, 2.24) is 79.7 Å². The number of aromatic nitrogens is 16. The van der Waals surface area contributed by atoms with Gasteiger partial charge < -0.3 is 9.97 Å². The summed E-state index contributed by atoms with van der Waals surface area (Å²) in [7, 11) is 0. The Labute approximate surface area is 627 Å². The first kappa shape index (κ1) is 71.9. The van der Waals surface area contributed by atoms with Crippen LogP contribution in [0.25, 0.3) is 144 Å². The summed E-state index contributed by atoms with van der Waals surface area (Å²) in [5, 5.41) is 5.29. The summed E-state index contributed by atoms with van der Waals surface area (Å²) in [6.45, 7) is 0. The number of alkyl halides is 6. The van der Waals surface area contributed by atoms with Gasteiger partial charge >= 0.3 is 12.4 Å². The van der Waals surface area contributed by atoms with Crippen molar-refractivity contribution in [3.8, 4) is 56.9 Å². The minimum Gasteiger partial charge on any atom is -0.337 e. The van der Waals surface area contributed by atoms with Gasteiger partial charge in [-0.15, -0.1) is 0 Å². The van der Waals surface area contributed by atoms with Crippen LogP contribution in [0.2, 0.25) is 0 Å². The maximum Gasteiger partial charge on any atom is 0.417 e. The average Bonchev–Trinajstić information content (AvgIpc) is 1.62. The molecule has 0 fully saturated rings. The summed E-state index contributed by atoms with van der Waals surface area (Å²) in [5.74, 6) is -0.689. The van der Waals surface area contributed by atoms with Crippen LogP contribution < -0.4 is 0 Å². The number of carbonyl (C=O) groups excluding carboxylic acids is 2. The van der Waals surface area contributed by atoms with Gasteiger partial charge in [-0.2, -0.15) is 26.3 Å². The van der Waals surface area contributed by atoms with E-state index in [1.807, 2.05) is 109 Å². The van der Waals surface area contributed by atoms with Crippen LogP contribution in [0.15, 0.2) is 305 Å². The number of halogens is 6. The average molecular weight is 1530 g/mol. The molecule has 0 spiro atoms. The molecular formula is C84H52F6N16O2Ru. The topological polar surface area (TPSA) is 246 Å². The maximum absolute atomic E-state index is 13.4. The minimum absolute atomic E-state index is 0. The van der Waals surface area contributed by atoms with Crippen molar-refractivity contribution in [2.45, 2.75) is 12.4 Å². The molecule has 0 atom stereocenters. The van der Waals surface area contributed by atoms with E-state index in [0.29, 0.717) is 66.6 Å². The van der Waals surface area contributed by atoms with E-state index >= 15 is 0 Å². The van der Waals surface area contributed by atoms with Gasteiger partial charge in [0.1, 0.15) is 23.0 Å². The van der Waals surface area contributed by atoms with Crippen LogP contribution in [-0.4, -0.2) is 91.3 Å². The Morgan fingerprint density at radius 3 is 0.862 bits per heavy atom. The van der Waals surface area contributed by atoms with E-state index in [0.717, 1.165) is 78.3 Å². The molecule has 0 saturated carbocycles. The number of pyridine rings is 12. The number of Topliss-reactive ketones (excluding diaryl/α,β-unsaturated/α-hetero) is 2. The Hall–Kier alpha value is -14.1. The van der Waals surface area contributed by atoms with Crippen molar-refractivity contribution in [2.75, 3.05) is 0 Å². The van der Waals surface area contributed by atoms with E-state index in [9.17, 15) is 35.9 Å². The zero-order valence-corrected chi connectivity index (χ0v) is 58.3. The molecule has 0 amide bonds. The first-order valence-electron chi connectivity index (χ1n) is 33.3. The predicted octanol–water partition coefficient (Wildman–Crippen LogP) is 19.3. The Balaban J connectivity index is 0.000000113. The van der Waals surface area contributed by atoms with Crippen LogP contribution in [0.5, 0.6) is 0 Å². The fourth-order valence-electron chi connectivity index (χ4n) is 12.4. The molecule has 18 nitrogen and oxygen atoms in total. The number of H-pyrrole nitrogens is 2.